The Morgan fingerprint density at radius 2 is 1.75 bits per heavy atom. The molecule has 7 nitrogen and oxygen atoms in total. The molecule has 32 heavy (non-hydrogen) atoms. The van der Waals surface area contributed by atoms with Crippen LogP contribution < -0.4 is 4.90 Å². The molecule has 2 aromatic rings. The third kappa shape index (κ3) is 4.31. The molecule has 1 saturated heterocycles. The first-order valence-corrected chi connectivity index (χ1v) is 11.7. The van der Waals surface area contributed by atoms with Gasteiger partial charge in [-0.3, -0.25) is 4.79 Å². The first-order valence-electron chi connectivity index (χ1n) is 10.1. The third-order valence-corrected chi connectivity index (χ3v) is 8.21. The number of aromatic nitrogens is 1. The minimum Gasteiger partial charge on any atom is -0.481 e. The van der Waals surface area contributed by atoms with Crippen molar-refractivity contribution in [1.82, 2.24) is 9.29 Å². The molecule has 4 rings (SSSR count). The number of sulfonamides is 1. The lowest BCUT2D eigenvalue weighted by Crippen LogP contribution is -2.50. The molecule has 1 aromatic heterocycles. The molecule has 2 atom stereocenters. The van der Waals surface area contributed by atoms with Crippen LogP contribution in [0.1, 0.15) is 23.5 Å². The van der Waals surface area contributed by atoms with Crippen molar-refractivity contribution in [2.24, 2.45) is 5.41 Å². The summed E-state index contributed by atoms with van der Waals surface area (Å²) in [5, 5.41) is 9.79. The summed E-state index contributed by atoms with van der Waals surface area (Å²) < 4.78 is 65.4. The molecule has 1 N–H and O–H groups in total. The monoisotopic (exact) mass is 469 g/mol. The number of hydrogen-bond donors (Lipinski definition) is 1. The van der Waals surface area contributed by atoms with E-state index < -0.39 is 38.9 Å². The number of hydrogen-bond acceptors (Lipinski definition) is 5. The summed E-state index contributed by atoms with van der Waals surface area (Å²) in [6.07, 6.45) is -3.45. The van der Waals surface area contributed by atoms with Gasteiger partial charge in [0.25, 0.3) is 0 Å². The highest BCUT2D eigenvalue weighted by molar-refractivity contribution is 7.89. The number of aliphatic carboxylic acids is 1. The molecular weight excluding hydrogens is 447 g/mol. The van der Waals surface area contributed by atoms with Crippen LogP contribution in [0.15, 0.2) is 48.7 Å². The molecule has 1 aliphatic heterocycles. The largest absolute Gasteiger partial charge is 0.481 e. The van der Waals surface area contributed by atoms with E-state index in [-0.39, 0.29) is 38.5 Å². The number of piperazine rings is 1. The molecule has 0 spiro atoms. The van der Waals surface area contributed by atoms with Crippen molar-refractivity contribution in [1.29, 1.82) is 0 Å². The van der Waals surface area contributed by atoms with Crippen molar-refractivity contribution in [3.05, 3.63) is 59.8 Å². The van der Waals surface area contributed by atoms with Crippen LogP contribution in [0.4, 0.5) is 19.0 Å². The highest BCUT2D eigenvalue weighted by Gasteiger charge is 2.63. The Bertz CT molecular complexity index is 1090. The summed E-state index contributed by atoms with van der Waals surface area (Å²) in [6, 6.07) is 11.2. The number of pyridine rings is 1. The minimum atomic E-state index is -4.47. The minimum absolute atomic E-state index is 0.108. The van der Waals surface area contributed by atoms with Crippen molar-refractivity contribution >= 4 is 21.8 Å². The van der Waals surface area contributed by atoms with Crippen LogP contribution in [0.3, 0.4) is 0 Å². The van der Waals surface area contributed by atoms with Crippen LogP contribution in [0.2, 0.25) is 0 Å². The maximum absolute atomic E-state index is 13.0. The van der Waals surface area contributed by atoms with Crippen molar-refractivity contribution in [2.45, 2.75) is 18.5 Å². The van der Waals surface area contributed by atoms with E-state index in [2.05, 4.69) is 4.98 Å². The zero-order chi connectivity index (χ0) is 23.1. The normalized spacial score (nSPS) is 24.3. The molecule has 1 saturated carbocycles. The number of halogens is 3. The summed E-state index contributed by atoms with van der Waals surface area (Å²) in [5.74, 6) is -1.62. The zero-order valence-electron chi connectivity index (χ0n) is 17.0. The van der Waals surface area contributed by atoms with Gasteiger partial charge in [-0.05, 0) is 24.1 Å². The Morgan fingerprint density at radius 3 is 2.28 bits per heavy atom. The zero-order valence-corrected chi connectivity index (χ0v) is 17.8. The number of rotatable bonds is 6. The average molecular weight is 469 g/mol. The second-order valence-electron chi connectivity index (χ2n) is 8.17. The summed E-state index contributed by atoms with van der Waals surface area (Å²) in [5.41, 5.74) is -1.38. The molecule has 172 valence electrons. The molecule has 2 fully saturated rings. The smallest absolute Gasteiger partial charge is 0.417 e. The fraction of sp³-hybridized carbons (Fsp3) is 0.429. The SMILES string of the molecule is O=C(O)[C@@]1(CS(=O)(=O)N2CCN(c3ccc(C(F)(F)F)cn3)CC2)C[C@H]1c1ccccc1. The average Bonchev–Trinajstić information content (AvgIpc) is 3.49. The van der Waals surface area contributed by atoms with E-state index in [1.54, 1.807) is 29.2 Å². The highest BCUT2D eigenvalue weighted by Crippen LogP contribution is 2.60. The Balaban J connectivity index is 1.41. The van der Waals surface area contributed by atoms with E-state index in [9.17, 15) is 31.5 Å². The number of carboxylic acid groups (broad SMARTS) is 1. The number of anilines is 1. The predicted molar refractivity (Wildman–Crippen MR) is 111 cm³/mol. The molecule has 0 radical (unpaired) electrons. The van der Waals surface area contributed by atoms with Gasteiger partial charge in [0.05, 0.1) is 16.7 Å². The maximum Gasteiger partial charge on any atom is 0.417 e. The summed E-state index contributed by atoms with van der Waals surface area (Å²) >= 11 is 0. The van der Waals surface area contributed by atoms with E-state index in [0.29, 0.717) is 5.82 Å². The molecular formula is C21H22F3N3O4S. The molecule has 1 aromatic carbocycles. The van der Waals surface area contributed by atoms with Gasteiger partial charge in [-0.25, -0.2) is 13.4 Å². The second kappa shape index (κ2) is 8.04. The van der Waals surface area contributed by atoms with E-state index in [0.717, 1.165) is 17.8 Å². The van der Waals surface area contributed by atoms with Crippen LogP contribution in [-0.4, -0.2) is 60.7 Å². The molecule has 2 aliphatic rings. The molecule has 2 heterocycles. The Hall–Kier alpha value is -2.66. The molecule has 11 heteroatoms. The highest BCUT2D eigenvalue weighted by atomic mass is 32.2. The van der Waals surface area contributed by atoms with Gasteiger partial charge in [-0.1, -0.05) is 30.3 Å². The van der Waals surface area contributed by atoms with Crippen molar-refractivity contribution in [2.75, 3.05) is 36.8 Å². The van der Waals surface area contributed by atoms with Gasteiger partial charge >= 0.3 is 12.1 Å². The number of nitrogens with zero attached hydrogens (tertiary/aromatic N) is 3. The van der Waals surface area contributed by atoms with Gasteiger partial charge < -0.3 is 10.0 Å². The molecule has 0 bridgehead atoms. The van der Waals surface area contributed by atoms with Crippen LogP contribution in [-0.2, 0) is 21.0 Å². The van der Waals surface area contributed by atoms with Crippen molar-refractivity contribution in [3.63, 3.8) is 0 Å². The first kappa shape index (κ1) is 22.5. The third-order valence-electron chi connectivity index (χ3n) is 6.17. The quantitative estimate of drug-likeness (QED) is 0.700. The van der Waals surface area contributed by atoms with E-state index in [1.165, 1.54) is 10.4 Å². The van der Waals surface area contributed by atoms with E-state index in [1.807, 2.05) is 6.07 Å². The van der Waals surface area contributed by atoms with Gasteiger partial charge in [0, 0.05) is 38.3 Å². The predicted octanol–water partition coefficient (Wildman–Crippen LogP) is 2.81. The lowest BCUT2D eigenvalue weighted by Gasteiger charge is -2.35. The van der Waals surface area contributed by atoms with Crippen molar-refractivity contribution in [3.8, 4) is 0 Å². The lowest BCUT2D eigenvalue weighted by atomic mass is 10.0. The van der Waals surface area contributed by atoms with Gasteiger partial charge in [0.2, 0.25) is 10.0 Å². The van der Waals surface area contributed by atoms with Crippen molar-refractivity contribution < 1.29 is 31.5 Å². The topological polar surface area (TPSA) is 90.8 Å². The van der Waals surface area contributed by atoms with Gasteiger partial charge in [-0.15, -0.1) is 0 Å². The second-order valence-corrected chi connectivity index (χ2v) is 10.1. The van der Waals surface area contributed by atoms with Gasteiger partial charge in [0.15, 0.2) is 0 Å². The molecule has 0 unspecified atom stereocenters. The Labute approximate surface area is 183 Å². The number of carboxylic acids is 1. The fourth-order valence-electron chi connectivity index (χ4n) is 4.24. The molecule has 0 amide bonds. The Morgan fingerprint density at radius 1 is 1.09 bits per heavy atom. The fourth-order valence-corrected chi connectivity index (χ4v) is 6.23. The van der Waals surface area contributed by atoms with E-state index >= 15 is 0 Å². The number of alkyl halides is 3. The summed E-state index contributed by atoms with van der Waals surface area (Å²) in [4.78, 5) is 17.5. The van der Waals surface area contributed by atoms with Crippen LogP contribution in [0.5, 0.6) is 0 Å². The molecule has 1 aliphatic carbocycles. The van der Waals surface area contributed by atoms with Gasteiger partial charge in [-0.2, -0.15) is 17.5 Å². The first-order chi connectivity index (χ1) is 15.0. The Kier molecular flexibility index (Phi) is 5.66. The number of carbonyl (C=O) groups is 1. The summed E-state index contributed by atoms with van der Waals surface area (Å²) in [7, 11) is -3.84. The standard InChI is InChI=1S/C21H22F3N3O4S/c22-21(23,24)16-6-7-18(25-13-16)26-8-10-27(11-9-26)32(30,31)14-20(19(28)29)12-17(20)15-4-2-1-3-5-15/h1-7,13,17H,8-12,14H2,(H,28,29)/t17-,20+/m0/s1. The number of benzene rings is 1. The lowest BCUT2D eigenvalue weighted by molar-refractivity contribution is -0.142. The van der Waals surface area contributed by atoms with Crippen LogP contribution >= 0.6 is 0 Å². The van der Waals surface area contributed by atoms with Gasteiger partial charge in [0.1, 0.15) is 5.82 Å². The summed E-state index contributed by atoms with van der Waals surface area (Å²) in [6.45, 7) is 0.715. The maximum atomic E-state index is 13.0. The van der Waals surface area contributed by atoms with E-state index in [4.69, 9.17) is 0 Å². The van der Waals surface area contributed by atoms with Crippen LogP contribution in [0.25, 0.3) is 0 Å². The van der Waals surface area contributed by atoms with Crippen LogP contribution in [0, 0.1) is 5.41 Å².